The smallest absolute Gasteiger partial charge is 0.242 e. The maximum absolute atomic E-state index is 11.3. The van der Waals surface area contributed by atoms with Crippen LogP contribution in [0.1, 0.15) is 13.8 Å². The molecule has 2 N–H and O–H groups in total. The van der Waals surface area contributed by atoms with E-state index in [0.29, 0.717) is 11.4 Å². The van der Waals surface area contributed by atoms with Gasteiger partial charge in [0.05, 0.1) is 0 Å². The van der Waals surface area contributed by atoms with Crippen LogP contribution in [0, 0.1) is 0 Å². The molecule has 5 heteroatoms. The first kappa shape index (κ1) is 12.5. The SMILES string of the molecule is CC(=O)Nc1cccc(NC(=O)C(C)Cl)c1. The predicted molar refractivity (Wildman–Crippen MR) is 64.7 cm³/mol. The van der Waals surface area contributed by atoms with E-state index in [1.165, 1.54) is 6.92 Å². The second-order valence-corrected chi connectivity index (χ2v) is 4.02. The van der Waals surface area contributed by atoms with Gasteiger partial charge in [0.15, 0.2) is 0 Å². The summed E-state index contributed by atoms with van der Waals surface area (Å²) in [5.41, 5.74) is 1.23. The summed E-state index contributed by atoms with van der Waals surface area (Å²) in [6.07, 6.45) is 0. The Labute approximate surface area is 99.0 Å². The van der Waals surface area contributed by atoms with Crippen molar-refractivity contribution in [2.45, 2.75) is 19.2 Å². The number of carbonyl (C=O) groups excluding carboxylic acids is 2. The second-order valence-electron chi connectivity index (χ2n) is 3.37. The fourth-order valence-electron chi connectivity index (χ4n) is 1.12. The van der Waals surface area contributed by atoms with Crippen molar-refractivity contribution in [3.8, 4) is 0 Å². The Balaban J connectivity index is 2.74. The van der Waals surface area contributed by atoms with Crippen LogP contribution in [0.2, 0.25) is 0 Å². The lowest BCUT2D eigenvalue weighted by atomic mass is 10.2. The zero-order valence-electron chi connectivity index (χ0n) is 9.08. The van der Waals surface area contributed by atoms with E-state index in [4.69, 9.17) is 11.6 Å². The van der Waals surface area contributed by atoms with Gasteiger partial charge in [0, 0.05) is 18.3 Å². The molecule has 1 aromatic carbocycles. The van der Waals surface area contributed by atoms with Gasteiger partial charge < -0.3 is 10.6 Å². The molecular weight excluding hydrogens is 228 g/mol. The summed E-state index contributed by atoms with van der Waals surface area (Å²) in [7, 11) is 0. The van der Waals surface area contributed by atoms with Crippen LogP contribution in [0.4, 0.5) is 11.4 Å². The van der Waals surface area contributed by atoms with Gasteiger partial charge in [0.25, 0.3) is 0 Å². The molecule has 86 valence electrons. The highest BCUT2D eigenvalue weighted by molar-refractivity contribution is 6.32. The fourth-order valence-corrected chi connectivity index (χ4v) is 1.17. The van der Waals surface area contributed by atoms with E-state index in [0.717, 1.165) is 0 Å². The third kappa shape index (κ3) is 3.90. The number of hydrogen-bond acceptors (Lipinski definition) is 2. The van der Waals surface area contributed by atoms with Gasteiger partial charge in [-0.25, -0.2) is 0 Å². The van der Waals surface area contributed by atoms with Crippen molar-refractivity contribution in [2.75, 3.05) is 10.6 Å². The van der Waals surface area contributed by atoms with Crippen molar-refractivity contribution in [3.63, 3.8) is 0 Å². The van der Waals surface area contributed by atoms with Gasteiger partial charge in [-0.05, 0) is 25.1 Å². The van der Waals surface area contributed by atoms with Gasteiger partial charge in [0.2, 0.25) is 11.8 Å². The zero-order valence-corrected chi connectivity index (χ0v) is 9.84. The topological polar surface area (TPSA) is 58.2 Å². The summed E-state index contributed by atoms with van der Waals surface area (Å²) in [5, 5.41) is 4.66. The highest BCUT2D eigenvalue weighted by Crippen LogP contribution is 2.15. The molecule has 1 aromatic rings. The van der Waals surface area contributed by atoms with Gasteiger partial charge in [-0.1, -0.05) is 6.07 Å². The quantitative estimate of drug-likeness (QED) is 0.796. The van der Waals surface area contributed by atoms with Crippen molar-refractivity contribution >= 4 is 34.8 Å². The molecule has 1 unspecified atom stereocenters. The predicted octanol–water partition coefficient (Wildman–Crippen LogP) is 2.21. The molecule has 0 fully saturated rings. The summed E-state index contributed by atoms with van der Waals surface area (Å²) >= 11 is 5.62. The molecule has 0 aliphatic heterocycles. The number of benzene rings is 1. The zero-order chi connectivity index (χ0) is 12.1. The highest BCUT2D eigenvalue weighted by Gasteiger charge is 2.09. The summed E-state index contributed by atoms with van der Waals surface area (Å²) < 4.78 is 0. The Morgan fingerprint density at radius 1 is 1.25 bits per heavy atom. The molecule has 0 aromatic heterocycles. The Morgan fingerprint density at radius 2 is 1.81 bits per heavy atom. The van der Waals surface area contributed by atoms with E-state index in [9.17, 15) is 9.59 Å². The van der Waals surface area contributed by atoms with Gasteiger partial charge in [-0.15, -0.1) is 11.6 Å². The number of carbonyl (C=O) groups is 2. The molecule has 0 radical (unpaired) electrons. The minimum atomic E-state index is -0.593. The number of anilines is 2. The number of amides is 2. The lowest BCUT2D eigenvalue weighted by molar-refractivity contribution is -0.115. The average molecular weight is 241 g/mol. The maximum Gasteiger partial charge on any atom is 0.242 e. The maximum atomic E-state index is 11.3. The Morgan fingerprint density at radius 3 is 2.31 bits per heavy atom. The molecule has 1 atom stereocenters. The first-order chi connectivity index (χ1) is 7.49. The standard InChI is InChI=1S/C11H13ClN2O2/c1-7(12)11(16)14-10-5-3-4-9(6-10)13-8(2)15/h3-7H,1-2H3,(H,13,15)(H,14,16). The van der Waals surface area contributed by atoms with E-state index in [1.54, 1.807) is 31.2 Å². The molecule has 0 aliphatic rings. The first-order valence-electron chi connectivity index (χ1n) is 4.81. The Bertz CT molecular complexity index is 405. The van der Waals surface area contributed by atoms with Crippen molar-refractivity contribution in [1.29, 1.82) is 0 Å². The second kappa shape index (κ2) is 5.51. The molecule has 4 nitrogen and oxygen atoms in total. The van der Waals surface area contributed by atoms with Crippen LogP contribution in [-0.4, -0.2) is 17.2 Å². The van der Waals surface area contributed by atoms with Gasteiger partial charge in [0.1, 0.15) is 5.38 Å². The van der Waals surface area contributed by atoms with E-state index in [-0.39, 0.29) is 11.8 Å². The molecular formula is C11H13ClN2O2. The fraction of sp³-hybridized carbons (Fsp3) is 0.273. The number of nitrogens with one attached hydrogen (secondary N) is 2. The molecule has 0 saturated carbocycles. The Kier molecular flexibility index (Phi) is 4.31. The van der Waals surface area contributed by atoms with Gasteiger partial charge >= 0.3 is 0 Å². The molecule has 0 bridgehead atoms. The lowest BCUT2D eigenvalue weighted by Crippen LogP contribution is -2.20. The van der Waals surface area contributed by atoms with E-state index in [2.05, 4.69) is 10.6 Å². The molecule has 2 amide bonds. The van der Waals surface area contributed by atoms with Crippen molar-refractivity contribution in [3.05, 3.63) is 24.3 Å². The van der Waals surface area contributed by atoms with E-state index >= 15 is 0 Å². The average Bonchev–Trinajstić information content (AvgIpc) is 2.16. The summed E-state index contributed by atoms with van der Waals surface area (Å²) in [4.78, 5) is 22.2. The lowest BCUT2D eigenvalue weighted by Gasteiger charge is -2.08. The van der Waals surface area contributed by atoms with Crippen LogP contribution < -0.4 is 10.6 Å². The summed E-state index contributed by atoms with van der Waals surface area (Å²) in [5.74, 6) is -0.434. The van der Waals surface area contributed by atoms with Crippen LogP contribution in [0.15, 0.2) is 24.3 Å². The summed E-state index contributed by atoms with van der Waals surface area (Å²) in [6.45, 7) is 3.01. The van der Waals surface area contributed by atoms with Crippen LogP contribution >= 0.6 is 11.6 Å². The van der Waals surface area contributed by atoms with Crippen molar-refractivity contribution < 1.29 is 9.59 Å². The van der Waals surface area contributed by atoms with E-state index < -0.39 is 5.38 Å². The molecule has 0 aliphatic carbocycles. The third-order valence-electron chi connectivity index (χ3n) is 1.81. The minimum absolute atomic E-state index is 0.158. The van der Waals surface area contributed by atoms with Crippen LogP contribution in [0.3, 0.4) is 0 Å². The van der Waals surface area contributed by atoms with E-state index in [1.807, 2.05) is 0 Å². The van der Waals surface area contributed by atoms with Crippen molar-refractivity contribution in [1.82, 2.24) is 0 Å². The van der Waals surface area contributed by atoms with Gasteiger partial charge in [-0.2, -0.15) is 0 Å². The first-order valence-corrected chi connectivity index (χ1v) is 5.25. The van der Waals surface area contributed by atoms with Gasteiger partial charge in [-0.3, -0.25) is 9.59 Å². The molecule has 16 heavy (non-hydrogen) atoms. The normalized spacial score (nSPS) is 11.7. The third-order valence-corrected chi connectivity index (χ3v) is 2.01. The largest absolute Gasteiger partial charge is 0.326 e. The Hall–Kier alpha value is -1.55. The molecule has 0 spiro atoms. The minimum Gasteiger partial charge on any atom is -0.326 e. The highest BCUT2D eigenvalue weighted by atomic mass is 35.5. The number of hydrogen-bond donors (Lipinski definition) is 2. The van der Waals surface area contributed by atoms with Crippen LogP contribution in [0.25, 0.3) is 0 Å². The molecule has 0 saturated heterocycles. The number of alkyl halides is 1. The monoisotopic (exact) mass is 240 g/mol. The number of halogens is 1. The summed E-state index contributed by atoms with van der Waals surface area (Å²) in [6, 6.07) is 6.86. The van der Waals surface area contributed by atoms with Crippen LogP contribution in [-0.2, 0) is 9.59 Å². The molecule has 1 rings (SSSR count). The number of rotatable bonds is 3. The van der Waals surface area contributed by atoms with Crippen LogP contribution in [0.5, 0.6) is 0 Å². The molecule has 0 heterocycles. The van der Waals surface area contributed by atoms with Crippen molar-refractivity contribution in [2.24, 2.45) is 0 Å².